The van der Waals surface area contributed by atoms with Crippen LogP contribution in [0, 0.1) is 0 Å². The lowest BCUT2D eigenvalue weighted by molar-refractivity contribution is -0.146. The van der Waals surface area contributed by atoms with Gasteiger partial charge in [0.25, 0.3) is 0 Å². The summed E-state index contributed by atoms with van der Waals surface area (Å²) in [5.41, 5.74) is 0.573. The Labute approximate surface area is 102 Å². The SMILES string of the molecule is CCN(C=O)C(C(=O)O)c1ccccc1Br. The van der Waals surface area contributed by atoms with Gasteiger partial charge in [0.1, 0.15) is 0 Å². The molecule has 86 valence electrons. The molecule has 0 fully saturated rings. The number of carbonyl (C=O) groups is 2. The van der Waals surface area contributed by atoms with Crippen molar-refractivity contribution in [2.45, 2.75) is 13.0 Å². The van der Waals surface area contributed by atoms with Crippen molar-refractivity contribution in [2.75, 3.05) is 6.54 Å². The van der Waals surface area contributed by atoms with Gasteiger partial charge in [0.15, 0.2) is 6.04 Å². The first-order valence-corrected chi connectivity index (χ1v) is 5.59. The molecule has 0 bridgehead atoms. The van der Waals surface area contributed by atoms with Gasteiger partial charge >= 0.3 is 5.97 Å². The van der Waals surface area contributed by atoms with Crippen LogP contribution in [-0.2, 0) is 9.59 Å². The van der Waals surface area contributed by atoms with E-state index in [0.29, 0.717) is 23.0 Å². The molecule has 1 aromatic carbocycles. The third kappa shape index (κ3) is 2.61. The summed E-state index contributed by atoms with van der Waals surface area (Å²) in [7, 11) is 0. The van der Waals surface area contributed by atoms with E-state index in [1.807, 2.05) is 0 Å². The minimum absolute atomic E-state index is 0.349. The van der Waals surface area contributed by atoms with Gasteiger partial charge in [0.05, 0.1) is 0 Å². The quantitative estimate of drug-likeness (QED) is 0.843. The molecule has 0 aliphatic heterocycles. The Balaban J connectivity index is 3.17. The van der Waals surface area contributed by atoms with Crippen molar-refractivity contribution >= 4 is 28.3 Å². The number of nitrogens with zero attached hydrogens (tertiary/aromatic N) is 1. The maximum atomic E-state index is 11.2. The monoisotopic (exact) mass is 285 g/mol. The van der Waals surface area contributed by atoms with Crippen molar-refractivity contribution in [3.8, 4) is 0 Å². The summed E-state index contributed by atoms with van der Waals surface area (Å²) in [5, 5.41) is 9.16. The van der Waals surface area contributed by atoms with Gasteiger partial charge in [-0.15, -0.1) is 0 Å². The number of amides is 1. The molecular weight excluding hydrogens is 274 g/mol. The fourth-order valence-corrected chi connectivity index (χ4v) is 1.97. The zero-order chi connectivity index (χ0) is 12.1. The number of rotatable bonds is 5. The van der Waals surface area contributed by atoms with Gasteiger partial charge in [-0.1, -0.05) is 34.1 Å². The van der Waals surface area contributed by atoms with Crippen molar-refractivity contribution in [3.05, 3.63) is 34.3 Å². The molecule has 4 nitrogen and oxygen atoms in total. The molecule has 0 aromatic heterocycles. The highest BCUT2D eigenvalue weighted by Crippen LogP contribution is 2.27. The standard InChI is InChI=1S/C11H12BrNO3/c1-2-13(7-14)10(11(15)16)8-5-3-4-6-9(8)12/h3-7,10H,2H2,1H3,(H,15,16). The van der Waals surface area contributed by atoms with Gasteiger partial charge < -0.3 is 10.0 Å². The van der Waals surface area contributed by atoms with Gasteiger partial charge in [0, 0.05) is 11.0 Å². The molecule has 1 amide bonds. The summed E-state index contributed by atoms with van der Waals surface area (Å²) in [6, 6.07) is 6.04. The summed E-state index contributed by atoms with van der Waals surface area (Å²) in [4.78, 5) is 23.2. The molecule has 5 heteroatoms. The topological polar surface area (TPSA) is 57.6 Å². The van der Waals surface area contributed by atoms with E-state index in [-0.39, 0.29) is 0 Å². The van der Waals surface area contributed by atoms with E-state index in [1.165, 1.54) is 4.90 Å². The minimum atomic E-state index is -1.04. The fourth-order valence-electron chi connectivity index (χ4n) is 1.47. The second kappa shape index (κ2) is 5.65. The summed E-state index contributed by atoms with van der Waals surface area (Å²) in [6.45, 7) is 2.09. The molecule has 1 N–H and O–H groups in total. The average Bonchev–Trinajstić information content (AvgIpc) is 2.27. The maximum absolute atomic E-state index is 11.2. The normalized spacial score (nSPS) is 11.9. The van der Waals surface area contributed by atoms with Gasteiger partial charge in [-0.05, 0) is 18.6 Å². The third-order valence-electron chi connectivity index (χ3n) is 2.27. The highest BCUT2D eigenvalue weighted by atomic mass is 79.9. The molecule has 1 atom stereocenters. The lowest BCUT2D eigenvalue weighted by Crippen LogP contribution is -2.33. The van der Waals surface area contributed by atoms with Crippen LogP contribution in [0.4, 0.5) is 0 Å². The first-order chi connectivity index (χ1) is 7.61. The molecule has 0 aliphatic carbocycles. The predicted octanol–water partition coefficient (Wildman–Crippen LogP) is 2.05. The van der Waals surface area contributed by atoms with Gasteiger partial charge in [-0.25, -0.2) is 4.79 Å². The first-order valence-electron chi connectivity index (χ1n) is 4.80. The van der Waals surface area contributed by atoms with Crippen LogP contribution in [0.3, 0.4) is 0 Å². The number of carboxylic acid groups (broad SMARTS) is 1. The van der Waals surface area contributed by atoms with E-state index in [1.54, 1.807) is 31.2 Å². The Kier molecular flexibility index (Phi) is 4.49. The van der Waals surface area contributed by atoms with Crippen LogP contribution in [0.5, 0.6) is 0 Å². The predicted molar refractivity (Wildman–Crippen MR) is 63.0 cm³/mol. The van der Waals surface area contributed by atoms with Crippen LogP contribution in [0.1, 0.15) is 18.5 Å². The van der Waals surface area contributed by atoms with E-state index < -0.39 is 12.0 Å². The number of carbonyl (C=O) groups excluding carboxylic acids is 1. The van der Waals surface area contributed by atoms with Crippen LogP contribution < -0.4 is 0 Å². The maximum Gasteiger partial charge on any atom is 0.331 e. The van der Waals surface area contributed by atoms with E-state index in [4.69, 9.17) is 5.11 Å². The highest BCUT2D eigenvalue weighted by Gasteiger charge is 2.26. The van der Waals surface area contributed by atoms with Crippen LogP contribution in [-0.4, -0.2) is 28.9 Å². The molecule has 0 saturated heterocycles. The van der Waals surface area contributed by atoms with Crippen molar-refractivity contribution in [3.63, 3.8) is 0 Å². The third-order valence-corrected chi connectivity index (χ3v) is 2.99. The molecular formula is C11H12BrNO3. The second-order valence-corrected chi connectivity index (χ2v) is 4.05. The van der Waals surface area contributed by atoms with Crippen LogP contribution in [0.25, 0.3) is 0 Å². The number of carboxylic acids is 1. The van der Waals surface area contributed by atoms with E-state index in [9.17, 15) is 9.59 Å². The van der Waals surface area contributed by atoms with Crippen molar-refractivity contribution in [2.24, 2.45) is 0 Å². The number of benzene rings is 1. The summed E-state index contributed by atoms with van der Waals surface area (Å²) in [5.74, 6) is -1.04. The average molecular weight is 286 g/mol. The zero-order valence-corrected chi connectivity index (χ0v) is 10.3. The van der Waals surface area contributed by atoms with Crippen LogP contribution >= 0.6 is 15.9 Å². The number of hydrogen-bond donors (Lipinski definition) is 1. The smallest absolute Gasteiger partial charge is 0.331 e. The molecule has 0 spiro atoms. The lowest BCUT2D eigenvalue weighted by Gasteiger charge is -2.24. The Morgan fingerprint density at radius 2 is 2.19 bits per heavy atom. The zero-order valence-electron chi connectivity index (χ0n) is 8.76. The lowest BCUT2D eigenvalue weighted by atomic mass is 10.1. The number of hydrogen-bond acceptors (Lipinski definition) is 2. The van der Waals surface area contributed by atoms with Crippen molar-refractivity contribution in [1.29, 1.82) is 0 Å². The van der Waals surface area contributed by atoms with E-state index in [2.05, 4.69) is 15.9 Å². The van der Waals surface area contributed by atoms with Crippen molar-refractivity contribution < 1.29 is 14.7 Å². The number of aliphatic carboxylic acids is 1. The molecule has 0 aliphatic rings. The Hall–Kier alpha value is -1.36. The Bertz CT molecular complexity index is 395. The van der Waals surface area contributed by atoms with Gasteiger partial charge in [-0.3, -0.25) is 4.79 Å². The molecule has 1 aromatic rings. The molecule has 0 radical (unpaired) electrons. The van der Waals surface area contributed by atoms with Crippen LogP contribution in [0.15, 0.2) is 28.7 Å². The molecule has 0 heterocycles. The Morgan fingerprint density at radius 1 is 1.56 bits per heavy atom. The van der Waals surface area contributed by atoms with E-state index >= 15 is 0 Å². The highest BCUT2D eigenvalue weighted by molar-refractivity contribution is 9.10. The largest absolute Gasteiger partial charge is 0.479 e. The first kappa shape index (κ1) is 12.7. The molecule has 0 saturated carbocycles. The van der Waals surface area contributed by atoms with E-state index in [0.717, 1.165) is 0 Å². The summed E-state index contributed by atoms with van der Waals surface area (Å²) < 4.78 is 0.683. The number of halogens is 1. The summed E-state index contributed by atoms with van der Waals surface area (Å²) in [6.07, 6.45) is 0.554. The second-order valence-electron chi connectivity index (χ2n) is 3.20. The van der Waals surface area contributed by atoms with Crippen LogP contribution in [0.2, 0.25) is 0 Å². The number of likely N-dealkylation sites (N-methyl/N-ethyl adjacent to an activating group) is 1. The van der Waals surface area contributed by atoms with Crippen molar-refractivity contribution in [1.82, 2.24) is 4.90 Å². The minimum Gasteiger partial charge on any atom is -0.479 e. The van der Waals surface area contributed by atoms with Gasteiger partial charge in [-0.2, -0.15) is 0 Å². The molecule has 1 rings (SSSR count). The Morgan fingerprint density at radius 3 is 2.62 bits per heavy atom. The summed E-state index contributed by atoms with van der Waals surface area (Å²) >= 11 is 3.29. The van der Waals surface area contributed by atoms with Gasteiger partial charge in [0.2, 0.25) is 6.41 Å². The molecule has 1 unspecified atom stereocenters. The molecule has 16 heavy (non-hydrogen) atoms. The fraction of sp³-hybridized carbons (Fsp3) is 0.273.